The Kier molecular flexibility index (Phi) is 12.6. The van der Waals surface area contributed by atoms with E-state index in [9.17, 15) is 0 Å². The molecule has 0 bridgehead atoms. The first-order valence-corrected chi connectivity index (χ1v) is 11.0. The van der Waals surface area contributed by atoms with Crippen LogP contribution in [0.15, 0.2) is 97.1 Å². The fraction of sp³-hybridized carbons (Fsp3) is 0.429. The first-order valence-electron chi connectivity index (χ1n) is 11.0. The minimum absolute atomic E-state index is 0.0504. The van der Waals surface area contributed by atoms with Gasteiger partial charge in [-0.15, -0.1) is 0 Å². The van der Waals surface area contributed by atoms with Crippen molar-refractivity contribution < 1.29 is 14.2 Å². The van der Waals surface area contributed by atoms with Gasteiger partial charge in [-0.1, -0.05) is 75.6 Å². The molecule has 1 saturated heterocycles. The van der Waals surface area contributed by atoms with E-state index in [0.717, 1.165) is 30.1 Å². The van der Waals surface area contributed by atoms with Gasteiger partial charge in [0.25, 0.3) is 0 Å². The van der Waals surface area contributed by atoms with E-state index in [1.165, 1.54) is 0 Å². The summed E-state index contributed by atoms with van der Waals surface area (Å²) in [6.07, 6.45) is 23.3. The van der Waals surface area contributed by atoms with Crippen LogP contribution in [0.1, 0.15) is 41.0 Å². The Morgan fingerprint density at radius 1 is 1.16 bits per heavy atom. The Hall–Kier alpha value is -2.36. The molecule has 0 radical (unpaired) electrons. The van der Waals surface area contributed by atoms with E-state index < -0.39 is 0 Å². The monoisotopic (exact) mass is 424 g/mol. The Balaban J connectivity index is 2.60. The lowest BCUT2D eigenvalue weighted by atomic mass is 9.92. The van der Waals surface area contributed by atoms with Gasteiger partial charge in [-0.05, 0) is 51.0 Å². The highest BCUT2D eigenvalue weighted by molar-refractivity contribution is 5.27. The number of ether oxygens (including phenoxy) is 3. The highest BCUT2D eigenvalue weighted by Gasteiger charge is 2.29. The summed E-state index contributed by atoms with van der Waals surface area (Å²) in [5.74, 6) is 1.99. The second kappa shape index (κ2) is 14.6. The molecule has 2 atom stereocenters. The Bertz CT molecular complexity index is 740. The zero-order valence-electron chi connectivity index (χ0n) is 20.0. The lowest BCUT2D eigenvalue weighted by Gasteiger charge is -2.21. The molecular formula is C28H40O3. The molecule has 0 aromatic heterocycles. The van der Waals surface area contributed by atoms with Gasteiger partial charge in [0.1, 0.15) is 11.5 Å². The Labute approximate surface area is 189 Å². The molecule has 2 unspecified atom stereocenters. The highest BCUT2D eigenvalue weighted by Crippen LogP contribution is 2.26. The van der Waals surface area contributed by atoms with E-state index in [-0.39, 0.29) is 5.41 Å². The number of epoxide rings is 1. The lowest BCUT2D eigenvalue weighted by Crippen LogP contribution is -2.17. The standard InChI is InChI=1S/C28H40O3/c1-8-13-24(19-23(5)31-26(15-10-3)16-11-4)20-29-22-28(6,7)18-12-17-25(14-9-2)27-21-30-27/h8-16,18-19,25,27H,1,3,17,20-22H2,2,4-7H3/b14-9-,16-11-,18-12+,23-19+,24-13+,26-15+. The molecule has 1 fully saturated rings. The van der Waals surface area contributed by atoms with Gasteiger partial charge in [0, 0.05) is 11.3 Å². The van der Waals surface area contributed by atoms with Crippen LogP contribution in [0.3, 0.4) is 0 Å². The quantitative estimate of drug-likeness (QED) is 0.120. The summed E-state index contributed by atoms with van der Waals surface area (Å²) in [6.45, 7) is 19.8. The molecule has 0 saturated carbocycles. The van der Waals surface area contributed by atoms with Crippen molar-refractivity contribution in [3.8, 4) is 0 Å². The van der Waals surface area contributed by atoms with Crippen LogP contribution in [-0.4, -0.2) is 25.9 Å². The molecule has 1 aliphatic heterocycles. The number of hydrogen-bond acceptors (Lipinski definition) is 3. The van der Waals surface area contributed by atoms with Crippen LogP contribution < -0.4 is 0 Å². The molecule has 170 valence electrons. The molecule has 3 heteroatoms. The molecule has 0 aliphatic carbocycles. The minimum Gasteiger partial charge on any atom is -0.462 e. The molecule has 0 aromatic carbocycles. The zero-order chi connectivity index (χ0) is 23.1. The van der Waals surface area contributed by atoms with Gasteiger partial charge in [-0.25, -0.2) is 0 Å². The van der Waals surface area contributed by atoms with E-state index in [0.29, 0.717) is 25.2 Å². The molecule has 0 N–H and O–H groups in total. The molecule has 0 aromatic rings. The van der Waals surface area contributed by atoms with E-state index in [2.05, 4.69) is 58.2 Å². The van der Waals surface area contributed by atoms with Gasteiger partial charge in [0.2, 0.25) is 0 Å². The first kappa shape index (κ1) is 26.7. The van der Waals surface area contributed by atoms with E-state index in [1.54, 1.807) is 12.2 Å². The van der Waals surface area contributed by atoms with Crippen molar-refractivity contribution in [2.24, 2.45) is 11.3 Å². The molecule has 3 nitrogen and oxygen atoms in total. The summed E-state index contributed by atoms with van der Waals surface area (Å²) in [5, 5.41) is 0. The van der Waals surface area contributed by atoms with E-state index >= 15 is 0 Å². The third-order valence-electron chi connectivity index (χ3n) is 4.61. The average molecular weight is 425 g/mol. The smallest absolute Gasteiger partial charge is 0.126 e. The molecular weight excluding hydrogens is 384 g/mol. The van der Waals surface area contributed by atoms with Gasteiger partial charge >= 0.3 is 0 Å². The van der Waals surface area contributed by atoms with Crippen molar-refractivity contribution in [2.75, 3.05) is 19.8 Å². The van der Waals surface area contributed by atoms with Crippen LogP contribution in [-0.2, 0) is 14.2 Å². The minimum atomic E-state index is -0.0504. The molecule has 1 rings (SSSR count). The summed E-state index contributed by atoms with van der Waals surface area (Å²) >= 11 is 0. The van der Waals surface area contributed by atoms with E-state index in [4.69, 9.17) is 14.2 Å². The first-order chi connectivity index (χ1) is 14.8. The maximum Gasteiger partial charge on any atom is 0.126 e. The van der Waals surface area contributed by atoms with Crippen molar-refractivity contribution in [3.05, 3.63) is 97.1 Å². The van der Waals surface area contributed by atoms with Crippen LogP contribution >= 0.6 is 0 Å². The molecule has 1 heterocycles. The van der Waals surface area contributed by atoms with E-state index in [1.807, 2.05) is 44.2 Å². The Morgan fingerprint density at radius 2 is 1.87 bits per heavy atom. The van der Waals surface area contributed by atoms with Gasteiger partial charge < -0.3 is 14.2 Å². The second-order valence-corrected chi connectivity index (χ2v) is 8.32. The molecule has 31 heavy (non-hydrogen) atoms. The number of rotatable bonds is 15. The predicted molar refractivity (Wildman–Crippen MR) is 133 cm³/mol. The molecule has 1 aliphatic rings. The van der Waals surface area contributed by atoms with Gasteiger partial charge in [-0.2, -0.15) is 0 Å². The van der Waals surface area contributed by atoms with Crippen LogP contribution in [0.5, 0.6) is 0 Å². The largest absolute Gasteiger partial charge is 0.462 e. The van der Waals surface area contributed by atoms with Crippen molar-refractivity contribution in [1.29, 1.82) is 0 Å². The third-order valence-corrected chi connectivity index (χ3v) is 4.61. The summed E-state index contributed by atoms with van der Waals surface area (Å²) in [7, 11) is 0. The van der Waals surface area contributed by atoms with Crippen molar-refractivity contribution in [2.45, 2.75) is 47.1 Å². The van der Waals surface area contributed by atoms with Gasteiger partial charge in [-0.3, -0.25) is 0 Å². The molecule has 0 amide bonds. The third kappa shape index (κ3) is 12.2. The van der Waals surface area contributed by atoms with Crippen molar-refractivity contribution >= 4 is 0 Å². The fourth-order valence-corrected chi connectivity index (χ4v) is 3.10. The topological polar surface area (TPSA) is 31.0 Å². The summed E-state index contributed by atoms with van der Waals surface area (Å²) < 4.78 is 17.4. The normalized spacial score (nSPS) is 19.4. The maximum absolute atomic E-state index is 6.03. The van der Waals surface area contributed by atoms with Crippen molar-refractivity contribution in [1.82, 2.24) is 0 Å². The van der Waals surface area contributed by atoms with Crippen LogP contribution in [0, 0.1) is 11.3 Å². The Morgan fingerprint density at radius 3 is 2.45 bits per heavy atom. The highest BCUT2D eigenvalue weighted by atomic mass is 16.6. The summed E-state index contributed by atoms with van der Waals surface area (Å²) in [4.78, 5) is 0. The lowest BCUT2D eigenvalue weighted by molar-refractivity contribution is 0.101. The SMILES string of the molecule is C=C/C=C(\C=C(/C)OC(/C=C\C)=C/C=C)COCC(C)(C)/C=C/CC(/C=C\C)C1CO1. The second-order valence-electron chi connectivity index (χ2n) is 8.32. The summed E-state index contributed by atoms with van der Waals surface area (Å²) in [5.41, 5.74) is 0.954. The predicted octanol–water partition coefficient (Wildman–Crippen LogP) is 7.25. The number of allylic oxidation sites excluding steroid dienone is 9. The zero-order valence-corrected chi connectivity index (χ0v) is 20.0. The van der Waals surface area contributed by atoms with Gasteiger partial charge in [0.15, 0.2) is 0 Å². The number of hydrogen-bond donors (Lipinski definition) is 0. The fourth-order valence-electron chi connectivity index (χ4n) is 3.10. The van der Waals surface area contributed by atoms with Crippen molar-refractivity contribution in [3.63, 3.8) is 0 Å². The van der Waals surface area contributed by atoms with Crippen LogP contribution in [0.4, 0.5) is 0 Å². The van der Waals surface area contributed by atoms with Crippen LogP contribution in [0.2, 0.25) is 0 Å². The average Bonchev–Trinajstić information content (AvgIpc) is 3.53. The maximum atomic E-state index is 6.03. The van der Waals surface area contributed by atoms with Gasteiger partial charge in [0.05, 0.1) is 25.9 Å². The van der Waals surface area contributed by atoms with Crippen LogP contribution in [0.25, 0.3) is 0 Å². The summed E-state index contributed by atoms with van der Waals surface area (Å²) in [6, 6.07) is 0. The molecule has 0 spiro atoms.